The number of rotatable bonds is 3. The lowest BCUT2D eigenvalue weighted by atomic mass is 9.88. The highest BCUT2D eigenvalue weighted by molar-refractivity contribution is 7.08. The molecule has 1 aromatic heterocycles. The number of fused-ring (bicyclic) bond motifs is 1. The minimum absolute atomic E-state index is 0.0615. The van der Waals surface area contributed by atoms with Gasteiger partial charge in [-0.3, -0.25) is 4.79 Å². The zero-order chi connectivity index (χ0) is 20.7. The fraction of sp³-hybridized carbons (Fsp3) is 0.167. The fourth-order valence-corrected chi connectivity index (χ4v) is 3.39. The van der Waals surface area contributed by atoms with Crippen LogP contribution in [-0.4, -0.2) is 23.4 Å². The molecule has 3 nitrogen and oxygen atoms in total. The van der Waals surface area contributed by atoms with Crippen LogP contribution in [0.4, 0.5) is 32.0 Å². The zero-order valence-electron chi connectivity index (χ0n) is 13.7. The van der Waals surface area contributed by atoms with Gasteiger partial charge >= 0.3 is 12.4 Å². The van der Waals surface area contributed by atoms with Gasteiger partial charge in [-0.25, -0.2) is 0 Å². The van der Waals surface area contributed by atoms with E-state index in [1.165, 1.54) is 41.1 Å². The van der Waals surface area contributed by atoms with Crippen LogP contribution in [0.15, 0.2) is 53.2 Å². The number of carbonyl (C=O) groups excluding carboxylic acids is 1. The van der Waals surface area contributed by atoms with Gasteiger partial charge in [-0.15, -0.1) is 0 Å². The number of carbonyl (C=O) groups is 1. The Morgan fingerprint density at radius 3 is 2.14 bits per heavy atom. The molecule has 148 valence electrons. The Morgan fingerprint density at radius 1 is 0.929 bits per heavy atom. The lowest BCUT2D eigenvalue weighted by Crippen LogP contribution is -2.54. The summed E-state index contributed by atoms with van der Waals surface area (Å²) in [4.78, 5) is 12.3. The van der Waals surface area contributed by atoms with Gasteiger partial charge in [0.2, 0.25) is 0 Å². The van der Waals surface area contributed by atoms with E-state index in [9.17, 15) is 36.2 Å². The number of aliphatic hydroxyl groups is 1. The van der Waals surface area contributed by atoms with Crippen LogP contribution in [0.25, 0.3) is 10.8 Å². The number of halogens is 6. The Balaban J connectivity index is 2.29. The third kappa shape index (κ3) is 3.22. The highest BCUT2D eigenvalue weighted by Crippen LogP contribution is 2.53. The maximum Gasteiger partial charge on any atom is 0.430 e. The van der Waals surface area contributed by atoms with Crippen LogP contribution in [-0.2, 0) is 5.60 Å². The van der Waals surface area contributed by atoms with Crippen molar-refractivity contribution in [2.45, 2.75) is 18.0 Å². The van der Waals surface area contributed by atoms with Gasteiger partial charge in [-0.05, 0) is 16.8 Å². The lowest BCUT2D eigenvalue weighted by Gasteiger charge is -2.34. The van der Waals surface area contributed by atoms with Crippen molar-refractivity contribution in [2.75, 3.05) is 5.32 Å². The third-order valence-corrected chi connectivity index (χ3v) is 4.84. The van der Waals surface area contributed by atoms with Crippen LogP contribution in [0.3, 0.4) is 0 Å². The number of anilines is 1. The summed E-state index contributed by atoms with van der Waals surface area (Å²) in [5.41, 5.74) is -7.37. The highest BCUT2D eigenvalue weighted by Gasteiger charge is 2.72. The van der Waals surface area contributed by atoms with E-state index in [1.54, 1.807) is 0 Å². The summed E-state index contributed by atoms with van der Waals surface area (Å²) < 4.78 is 80.4. The quantitative estimate of drug-likeness (QED) is 0.554. The average molecular weight is 419 g/mol. The Hall–Kier alpha value is -2.59. The Bertz CT molecular complexity index is 997. The van der Waals surface area contributed by atoms with Gasteiger partial charge in [0, 0.05) is 16.3 Å². The van der Waals surface area contributed by atoms with Crippen molar-refractivity contribution in [2.24, 2.45) is 0 Å². The molecule has 0 aliphatic rings. The molecule has 2 N–H and O–H groups in total. The minimum Gasteiger partial charge on any atom is -0.369 e. The zero-order valence-corrected chi connectivity index (χ0v) is 14.5. The van der Waals surface area contributed by atoms with Crippen molar-refractivity contribution in [3.05, 3.63) is 64.4 Å². The van der Waals surface area contributed by atoms with E-state index in [-0.39, 0.29) is 10.9 Å². The second kappa shape index (κ2) is 6.78. The van der Waals surface area contributed by atoms with Crippen LogP contribution in [0.5, 0.6) is 0 Å². The highest BCUT2D eigenvalue weighted by atomic mass is 32.1. The van der Waals surface area contributed by atoms with Gasteiger partial charge in [-0.1, -0.05) is 36.4 Å². The molecule has 10 heteroatoms. The normalized spacial score (nSPS) is 13.0. The SMILES string of the molecule is O=C(Nc1c(C(O)(C(F)(F)F)C(F)(F)F)ccc2ccccc12)c1ccsc1. The van der Waals surface area contributed by atoms with Crippen LogP contribution in [0.1, 0.15) is 15.9 Å². The Labute approximate surface area is 158 Å². The number of hydrogen-bond donors (Lipinski definition) is 2. The summed E-state index contributed by atoms with van der Waals surface area (Å²) >= 11 is 1.13. The summed E-state index contributed by atoms with van der Waals surface area (Å²) in [5.74, 6) is -0.898. The van der Waals surface area contributed by atoms with E-state index < -0.39 is 35.1 Å². The van der Waals surface area contributed by atoms with Crippen molar-refractivity contribution in [1.82, 2.24) is 0 Å². The molecule has 0 spiro atoms. The number of benzene rings is 2. The van der Waals surface area contributed by atoms with Crippen LogP contribution < -0.4 is 5.32 Å². The van der Waals surface area contributed by atoms with Crippen LogP contribution in [0.2, 0.25) is 0 Å². The first-order valence-corrected chi connectivity index (χ1v) is 8.62. The predicted molar refractivity (Wildman–Crippen MR) is 92.2 cm³/mol. The molecule has 1 amide bonds. The molecule has 0 aliphatic heterocycles. The van der Waals surface area contributed by atoms with Gasteiger partial charge < -0.3 is 10.4 Å². The molecule has 0 aliphatic carbocycles. The molecule has 2 aromatic carbocycles. The molecular formula is C18H11F6NO2S. The van der Waals surface area contributed by atoms with Gasteiger partial charge in [-0.2, -0.15) is 37.7 Å². The maximum atomic E-state index is 13.4. The maximum absolute atomic E-state index is 13.4. The lowest BCUT2D eigenvalue weighted by molar-refractivity contribution is -0.375. The van der Waals surface area contributed by atoms with Gasteiger partial charge in [0.05, 0.1) is 11.3 Å². The van der Waals surface area contributed by atoms with Crippen LogP contribution in [0, 0.1) is 0 Å². The first-order valence-electron chi connectivity index (χ1n) is 7.68. The number of nitrogens with one attached hydrogen (secondary N) is 1. The third-order valence-electron chi connectivity index (χ3n) is 4.16. The molecule has 0 atom stereocenters. The van der Waals surface area contributed by atoms with E-state index in [2.05, 4.69) is 5.32 Å². The molecule has 0 radical (unpaired) electrons. The van der Waals surface area contributed by atoms with Crippen LogP contribution >= 0.6 is 11.3 Å². The summed E-state index contributed by atoms with van der Waals surface area (Å²) in [7, 11) is 0. The number of alkyl halides is 6. The van der Waals surface area contributed by atoms with Crippen molar-refractivity contribution < 1.29 is 36.2 Å². The Kier molecular flexibility index (Phi) is 4.88. The van der Waals surface area contributed by atoms with Crippen molar-refractivity contribution >= 4 is 33.7 Å². The second-order valence-corrected chi connectivity index (χ2v) is 6.66. The van der Waals surface area contributed by atoms with Crippen molar-refractivity contribution in [3.8, 4) is 0 Å². The molecular weight excluding hydrogens is 408 g/mol. The minimum atomic E-state index is -6.07. The molecule has 0 unspecified atom stereocenters. The summed E-state index contributed by atoms with van der Waals surface area (Å²) in [5, 5.41) is 15.1. The van der Waals surface area contributed by atoms with Gasteiger partial charge in [0.15, 0.2) is 0 Å². The molecule has 0 fully saturated rings. The van der Waals surface area contributed by atoms with Crippen molar-refractivity contribution in [1.29, 1.82) is 0 Å². The van der Waals surface area contributed by atoms with E-state index >= 15 is 0 Å². The van der Waals surface area contributed by atoms with E-state index in [1.807, 2.05) is 0 Å². The summed E-state index contributed by atoms with van der Waals surface area (Å²) in [6.45, 7) is 0. The monoisotopic (exact) mass is 419 g/mol. The molecule has 3 rings (SSSR count). The van der Waals surface area contributed by atoms with E-state index in [0.29, 0.717) is 11.5 Å². The smallest absolute Gasteiger partial charge is 0.369 e. The largest absolute Gasteiger partial charge is 0.430 e. The van der Waals surface area contributed by atoms with Gasteiger partial charge in [0.25, 0.3) is 11.5 Å². The van der Waals surface area contributed by atoms with E-state index in [4.69, 9.17) is 0 Å². The van der Waals surface area contributed by atoms with Crippen molar-refractivity contribution in [3.63, 3.8) is 0 Å². The fourth-order valence-electron chi connectivity index (χ4n) is 2.75. The second-order valence-electron chi connectivity index (χ2n) is 5.88. The molecule has 0 bridgehead atoms. The Morgan fingerprint density at radius 2 is 1.57 bits per heavy atom. The summed E-state index contributed by atoms with van der Waals surface area (Å²) in [6.07, 6.45) is -12.1. The first kappa shape index (κ1) is 20.2. The molecule has 3 aromatic rings. The number of amides is 1. The standard InChI is InChI=1S/C18H11F6NO2S/c19-17(20,21)16(27,18(22,23)24)13-6-5-10-3-1-2-4-12(10)14(13)25-15(26)11-7-8-28-9-11/h1-9,27H,(H,25,26). The molecule has 28 heavy (non-hydrogen) atoms. The molecule has 0 saturated heterocycles. The van der Waals surface area contributed by atoms with Gasteiger partial charge in [0.1, 0.15) is 0 Å². The number of thiophene rings is 1. The first-order chi connectivity index (χ1) is 13.0. The summed E-state index contributed by atoms with van der Waals surface area (Å²) in [6, 6.07) is 8.55. The number of hydrogen-bond acceptors (Lipinski definition) is 3. The molecule has 1 heterocycles. The molecule has 0 saturated carbocycles. The van der Waals surface area contributed by atoms with E-state index in [0.717, 1.165) is 17.4 Å². The predicted octanol–water partition coefficient (Wildman–Crippen LogP) is 5.47. The average Bonchev–Trinajstić information content (AvgIpc) is 3.14. The topological polar surface area (TPSA) is 49.3 Å².